The molecule has 1 atom stereocenters. The lowest BCUT2D eigenvalue weighted by atomic mass is 9.78. The zero-order chi connectivity index (χ0) is 31.5. The van der Waals surface area contributed by atoms with Crippen molar-refractivity contribution in [3.8, 4) is 0 Å². The summed E-state index contributed by atoms with van der Waals surface area (Å²) in [6, 6.07) is 10.1. The van der Waals surface area contributed by atoms with Gasteiger partial charge in [0.25, 0.3) is 0 Å². The van der Waals surface area contributed by atoms with Crippen molar-refractivity contribution in [1.82, 2.24) is 15.5 Å². The number of likely N-dealkylation sites (N-methyl/N-ethyl adjacent to an activating group) is 1. The molecule has 0 aliphatic rings. The summed E-state index contributed by atoms with van der Waals surface area (Å²) in [5, 5.41) is 8.85. The zero-order valence-electron chi connectivity index (χ0n) is 25.6. The Bertz CT molecular complexity index is 1210. The standard InChI is InChI=1S/C31H43B2FN4O4/c1-21-10-7-13-25(24(21)18-38(20-40)26(14-9-15-39)28(41)35-6)36-17-23-12-8-11-22(27(23)34)16-30(2,3)42-31(4,5)19-37-29(32)33/h7-8,10-13,15,20,26,29,36-37H,9,14,16-19H2,1-6H3,(H,35,41). The van der Waals surface area contributed by atoms with Crippen LogP contribution in [0.25, 0.3) is 0 Å². The van der Waals surface area contributed by atoms with E-state index in [4.69, 9.17) is 20.4 Å². The lowest BCUT2D eigenvalue weighted by Gasteiger charge is -2.37. The average Bonchev–Trinajstić information content (AvgIpc) is 2.92. The third-order valence-corrected chi connectivity index (χ3v) is 6.95. The Morgan fingerprint density at radius 1 is 1.07 bits per heavy atom. The van der Waals surface area contributed by atoms with Crippen molar-refractivity contribution in [2.45, 2.75) is 90.1 Å². The minimum atomic E-state index is -0.794. The molecular formula is C31H43B2FN4O4. The number of nitrogens with zero attached hydrogens (tertiary/aromatic N) is 1. The van der Waals surface area contributed by atoms with Gasteiger partial charge < -0.3 is 30.4 Å². The lowest BCUT2D eigenvalue weighted by molar-refractivity contribution is -0.133. The van der Waals surface area contributed by atoms with Gasteiger partial charge in [0.15, 0.2) is 0 Å². The SMILES string of the molecule is [B]C([B])NCC(C)(C)OC(C)(C)Cc1cccc(CNc2cccc(C)c2CN(C=O)C(CCC=O)C(=O)NC)c1F. The molecule has 0 heterocycles. The van der Waals surface area contributed by atoms with Crippen LogP contribution in [0.5, 0.6) is 0 Å². The summed E-state index contributed by atoms with van der Waals surface area (Å²) in [5.41, 5.74) is 2.16. The van der Waals surface area contributed by atoms with E-state index in [0.29, 0.717) is 36.2 Å². The van der Waals surface area contributed by atoms with E-state index >= 15 is 4.39 Å². The van der Waals surface area contributed by atoms with Gasteiger partial charge in [-0.05, 0) is 63.8 Å². The van der Waals surface area contributed by atoms with Gasteiger partial charge in [0.1, 0.15) is 18.1 Å². The molecule has 2 aromatic carbocycles. The number of anilines is 1. The predicted octanol–water partition coefficient (Wildman–Crippen LogP) is 3.12. The molecule has 2 aromatic rings. The number of aldehydes is 1. The van der Waals surface area contributed by atoms with Gasteiger partial charge in [-0.25, -0.2) is 4.39 Å². The van der Waals surface area contributed by atoms with Gasteiger partial charge in [-0.3, -0.25) is 9.59 Å². The highest BCUT2D eigenvalue weighted by Crippen LogP contribution is 2.28. The number of ether oxygens (including phenoxy) is 1. The molecule has 0 saturated heterocycles. The molecule has 0 aromatic heterocycles. The second-order valence-corrected chi connectivity index (χ2v) is 11.7. The number of rotatable bonds is 18. The van der Waals surface area contributed by atoms with Gasteiger partial charge in [0.2, 0.25) is 12.3 Å². The molecule has 3 N–H and O–H groups in total. The minimum Gasteiger partial charge on any atom is -0.381 e. The van der Waals surface area contributed by atoms with E-state index in [0.717, 1.165) is 17.4 Å². The first-order chi connectivity index (χ1) is 19.7. The maximum atomic E-state index is 15.7. The van der Waals surface area contributed by atoms with E-state index in [1.807, 2.05) is 58.9 Å². The largest absolute Gasteiger partial charge is 0.381 e. The minimum absolute atomic E-state index is 0.142. The van der Waals surface area contributed by atoms with E-state index < -0.39 is 23.1 Å². The van der Waals surface area contributed by atoms with Crippen LogP contribution in [-0.4, -0.2) is 75.9 Å². The molecule has 2 amide bonds. The highest BCUT2D eigenvalue weighted by molar-refractivity contribution is 6.35. The van der Waals surface area contributed by atoms with Gasteiger partial charge in [-0.1, -0.05) is 36.2 Å². The van der Waals surface area contributed by atoms with Crippen molar-refractivity contribution in [3.63, 3.8) is 0 Å². The van der Waals surface area contributed by atoms with Crippen LogP contribution in [0.15, 0.2) is 36.4 Å². The molecule has 42 heavy (non-hydrogen) atoms. The molecule has 11 heteroatoms. The van der Waals surface area contributed by atoms with Crippen LogP contribution in [0.1, 0.15) is 62.8 Å². The van der Waals surface area contributed by atoms with Gasteiger partial charge >= 0.3 is 0 Å². The monoisotopic (exact) mass is 576 g/mol. The summed E-state index contributed by atoms with van der Waals surface area (Å²) in [6.07, 6.45) is 2.05. The lowest BCUT2D eigenvalue weighted by Crippen LogP contribution is -2.47. The molecule has 0 bridgehead atoms. The van der Waals surface area contributed by atoms with Crippen LogP contribution in [0.4, 0.5) is 10.1 Å². The second-order valence-electron chi connectivity index (χ2n) is 11.7. The average molecular weight is 576 g/mol. The van der Waals surface area contributed by atoms with Crippen molar-refractivity contribution < 1.29 is 23.5 Å². The van der Waals surface area contributed by atoms with E-state index in [2.05, 4.69) is 16.0 Å². The molecular weight excluding hydrogens is 533 g/mol. The highest BCUT2D eigenvalue weighted by Gasteiger charge is 2.30. The van der Waals surface area contributed by atoms with E-state index in [-0.39, 0.29) is 37.7 Å². The van der Waals surface area contributed by atoms with Crippen LogP contribution in [-0.2, 0) is 38.6 Å². The number of carbonyl (C=O) groups is 3. The Morgan fingerprint density at radius 3 is 2.36 bits per heavy atom. The maximum absolute atomic E-state index is 15.7. The molecule has 0 spiro atoms. The summed E-state index contributed by atoms with van der Waals surface area (Å²) in [4.78, 5) is 36.9. The number of aryl methyl sites for hydroxylation is 1. The fraction of sp³-hybridized carbons (Fsp3) is 0.516. The van der Waals surface area contributed by atoms with Crippen molar-refractivity contribution in [1.29, 1.82) is 0 Å². The Hall–Kier alpha value is -3.17. The number of carbonyl (C=O) groups excluding carboxylic acids is 3. The van der Waals surface area contributed by atoms with Crippen molar-refractivity contribution in [2.24, 2.45) is 0 Å². The number of nitrogens with one attached hydrogen (secondary N) is 3. The van der Waals surface area contributed by atoms with Crippen LogP contribution in [0.3, 0.4) is 0 Å². The first-order valence-electron chi connectivity index (χ1n) is 14.1. The predicted molar refractivity (Wildman–Crippen MR) is 166 cm³/mol. The first kappa shape index (κ1) is 35.0. The Labute approximate surface area is 252 Å². The van der Waals surface area contributed by atoms with Gasteiger partial charge in [-0.15, -0.1) is 0 Å². The smallest absolute Gasteiger partial charge is 0.242 e. The zero-order valence-corrected chi connectivity index (χ0v) is 25.6. The van der Waals surface area contributed by atoms with Crippen molar-refractivity contribution in [3.05, 3.63) is 64.5 Å². The van der Waals surface area contributed by atoms with E-state index in [1.165, 1.54) is 11.9 Å². The number of benzene rings is 2. The van der Waals surface area contributed by atoms with Crippen LogP contribution in [0, 0.1) is 12.7 Å². The highest BCUT2D eigenvalue weighted by atomic mass is 19.1. The molecule has 0 saturated carbocycles. The molecule has 0 aliphatic carbocycles. The summed E-state index contributed by atoms with van der Waals surface area (Å²) in [5.74, 6) is -1.33. The second kappa shape index (κ2) is 15.9. The third kappa shape index (κ3) is 10.6. The number of amides is 2. The number of hydrogen-bond donors (Lipinski definition) is 3. The molecule has 8 nitrogen and oxygen atoms in total. The maximum Gasteiger partial charge on any atom is 0.242 e. The fourth-order valence-electron chi connectivity index (χ4n) is 5.06. The summed E-state index contributed by atoms with van der Waals surface area (Å²) in [7, 11) is 12.7. The van der Waals surface area contributed by atoms with Crippen molar-refractivity contribution in [2.75, 3.05) is 18.9 Å². The summed E-state index contributed by atoms with van der Waals surface area (Å²) >= 11 is 0. The van der Waals surface area contributed by atoms with Crippen molar-refractivity contribution >= 4 is 40.0 Å². The molecule has 2 rings (SSSR count). The summed E-state index contributed by atoms with van der Waals surface area (Å²) < 4.78 is 22.0. The van der Waals surface area contributed by atoms with E-state index in [1.54, 1.807) is 12.1 Å². The first-order valence-corrected chi connectivity index (χ1v) is 14.1. The third-order valence-electron chi connectivity index (χ3n) is 6.95. The Balaban J connectivity index is 2.23. The molecule has 4 radical (unpaired) electrons. The van der Waals surface area contributed by atoms with Crippen LogP contribution in [0.2, 0.25) is 0 Å². The van der Waals surface area contributed by atoms with Gasteiger partial charge in [-0.2, -0.15) is 0 Å². The van der Waals surface area contributed by atoms with Gasteiger partial charge in [0, 0.05) is 50.8 Å². The molecule has 0 aliphatic heterocycles. The van der Waals surface area contributed by atoms with E-state index in [9.17, 15) is 14.4 Å². The topological polar surface area (TPSA) is 99.8 Å². The quantitative estimate of drug-likeness (QED) is 0.186. The number of hydrogen-bond acceptors (Lipinski definition) is 6. The normalized spacial score (nSPS) is 12.6. The summed E-state index contributed by atoms with van der Waals surface area (Å²) in [6.45, 7) is 10.4. The van der Waals surface area contributed by atoms with Gasteiger partial charge in [0.05, 0.1) is 26.9 Å². The fourth-order valence-corrected chi connectivity index (χ4v) is 5.06. The van der Waals surface area contributed by atoms with Crippen LogP contribution >= 0.6 is 0 Å². The molecule has 0 fully saturated rings. The Morgan fingerprint density at radius 2 is 1.74 bits per heavy atom. The van der Waals surface area contributed by atoms with Crippen LogP contribution < -0.4 is 16.0 Å². The molecule has 1 unspecified atom stereocenters. The number of halogens is 1. The Kier molecular flexibility index (Phi) is 13.3. The molecule has 224 valence electrons.